The highest BCUT2D eigenvalue weighted by molar-refractivity contribution is 6.24. The molecule has 3 aliphatic heterocycles. The molecule has 0 radical (unpaired) electrons. The number of ether oxygens (including phenoxy) is 3. The molecule has 0 bridgehead atoms. The normalized spacial score (nSPS) is 16.6. The zero-order valence-corrected chi connectivity index (χ0v) is 38.5. The molecule has 12 heteroatoms. The fraction of sp³-hybridized carbons (Fsp3) is 0.431. The number of aliphatic hydroxyl groups excluding tert-OH is 1. The molecule has 2 saturated heterocycles. The van der Waals surface area contributed by atoms with Crippen LogP contribution in [0.2, 0.25) is 0 Å². The van der Waals surface area contributed by atoms with Crippen LogP contribution >= 0.6 is 0 Å². The van der Waals surface area contributed by atoms with Gasteiger partial charge in [-0.3, -0.25) is 28.8 Å². The van der Waals surface area contributed by atoms with Crippen LogP contribution in [0.15, 0.2) is 84.5 Å². The lowest BCUT2D eigenvalue weighted by Crippen LogP contribution is -2.52. The minimum atomic E-state index is -0.504. The van der Waals surface area contributed by atoms with Crippen LogP contribution in [0.1, 0.15) is 123 Å². The topological polar surface area (TPSA) is 157 Å². The van der Waals surface area contributed by atoms with Crippen LogP contribution in [0.5, 0.6) is 17.2 Å². The zero-order valence-electron chi connectivity index (χ0n) is 38.5. The van der Waals surface area contributed by atoms with E-state index in [1.165, 1.54) is 19.1 Å². The van der Waals surface area contributed by atoms with Crippen LogP contribution in [0.4, 0.5) is 0 Å². The predicted octanol–water partition coefficient (Wildman–Crippen LogP) is 7.88. The molecule has 336 valence electrons. The van der Waals surface area contributed by atoms with E-state index in [-0.39, 0.29) is 51.4 Å². The summed E-state index contributed by atoms with van der Waals surface area (Å²) in [6.07, 6.45) is 8.81. The second kappa shape index (κ2) is 21.4. The average molecular weight is 864 g/mol. The van der Waals surface area contributed by atoms with E-state index in [1.807, 2.05) is 59.5 Å². The average Bonchev–Trinajstić information content (AvgIpc) is 3.26. The number of Topliss-reactive ketones (excluding diaryl/α,β-unsaturated/α-hetero) is 3. The maximum Gasteiger partial charge on any atom is 0.296 e. The molecule has 1 N–H and O–H groups in total. The number of benzene rings is 3. The molecule has 2 amide bonds. The van der Waals surface area contributed by atoms with Crippen molar-refractivity contribution in [1.29, 1.82) is 0 Å². The molecule has 1 spiro atoms. The lowest BCUT2D eigenvalue weighted by atomic mass is 9.82. The van der Waals surface area contributed by atoms with E-state index in [2.05, 4.69) is 41.5 Å². The van der Waals surface area contributed by atoms with E-state index in [9.17, 15) is 28.8 Å². The third-order valence-electron chi connectivity index (χ3n) is 11.3. The summed E-state index contributed by atoms with van der Waals surface area (Å²) >= 11 is 0. The molecule has 12 nitrogen and oxygen atoms in total. The van der Waals surface area contributed by atoms with Gasteiger partial charge in [0.05, 0.1) is 44.4 Å². The largest absolute Gasteiger partial charge is 0.496 e. The fourth-order valence-electron chi connectivity index (χ4n) is 7.81. The molecular formula is C51H63N2O10+. The van der Waals surface area contributed by atoms with E-state index in [0.717, 1.165) is 29.7 Å². The molecule has 0 atom stereocenters. The highest BCUT2D eigenvalue weighted by atomic mass is 16.5. The smallest absolute Gasteiger partial charge is 0.296 e. The quantitative estimate of drug-likeness (QED) is 0.198. The summed E-state index contributed by atoms with van der Waals surface area (Å²) in [5.74, 6) is 2.09. The van der Waals surface area contributed by atoms with Gasteiger partial charge in [0.1, 0.15) is 28.6 Å². The molecule has 2 fully saturated rings. The third-order valence-corrected chi connectivity index (χ3v) is 11.3. The number of carbonyl (C=O) groups is 6. The minimum Gasteiger partial charge on any atom is -0.496 e. The number of aliphatic hydroxyl groups is 1. The van der Waals surface area contributed by atoms with E-state index in [0.29, 0.717) is 80.7 Å². The number of amides is 2. The Labute approximate surface area is 372 Å². The number of ketones is 4. The van der Waals surface area contributed by atoms with E-state index in [1.54, 1.807) is 37.7 Å². The summed E-state index contributed by atoms with van der Waals surface area (Å²) < 4.78 is 17.3. The third kappa shape index (κ3) is 12.6. The lowest BCUT2D eigenvalue weighted by Gasteiger charge is -2.44. The summed E-state index contributed by atoms with van der Waals surface area (Å²) in [7, 11) is 4.26. The van der Waals surface area contributed by atoms with Crippen molar-refractivity contribution in [3.05, 3.63) is 119 Å². The van der Waals surface area contributed by atoms with Crippen LogP contribution in [-0.2, 0) is 25.2 Å². The summed E-state index contributed by atoms with van der Waals surface area (Å²) in [4.78, 5) is 74.6. The Balaban J connectivity index is 0.000000228. The lowest BCUT2D eigenvalue weighted by molar-refractivity contribution is -0.121. The molecule has 4 aliphatic rings. The molecule has 7 rings (SSSR count). The van der Waals surface area contributed by atoms with Crippen molar-refractivity contribution in [3.8, 4) is 17.2 Å². The number of likely N-dealkylation sites (tertiary alicyclic amines) is 2. The van der Waals surface area contributed by atoms with Crippen molar-refractivity contribution < 1.29 is 48.1 Å². The van der Waals surface area contributed by atoms with Gasteiger partial charge >= 0.3 is 0 Å². The Bertz CT molecular complexity index is 2220. The number of nitrogens with zero attached hydrogens (tertiary/aromatic N) is 2. The van der Waals surface area contributed by atoms with Crippen LogP contribution in [0, 0.1) is 6.42 Å². The highest BCUT2D eigenvalue weighted by Gasteiger charge is 2.43. The van der Waals surface area contributed by atoms with Crippen molar-refractivity contribution in [2.24, 2.45) is 0 Å². The number of fused-ring (bicyclic) bond motifs is 1. The SMILES string of the molecule is CC(=O)C1=C[CH+]C=CC1=O.CO.COc1cc(C(=O)N2CCC(=O)CC2)ccc1C(C)(C)C.COc1cc(C(=O)N2CCC3(CC2)CC(=O)c2ccccc2O3)ccc1C(C)(C)C. The first-order valence-corrected chi connectivity index (χ1v) is 21.3. The monoisotopic (exact) mass is 863 g/mol. The summed E-state index contributed by atoms with van der Waals surface area (Å²) in [5, 5.41) is 7.00. The number of hydrogen-bond donors (Lipinski definition) is 1. The maximum atomic E-state index is 13.1. The molecule has 0 unspecified atom stereocenters. The van der Waals surface area contributed by atoms with Gasteiger partial charge in [-0.05, 0) is 58.4 Å². The van der Waals surface area contributed by atoms with Gasteiger partial charge < -0.3 is 29.1 Å². The van der Waals surface area contributed by atoms with Crippen LogP contribution in [0.25, 0.3) is 0 Å². The Morgan fingerprint density at radius 2 is 1.22 bits per heavy atom. The predicted molar refractivity (Wildman–Crippen MR) is 243 cm³/mol. The van der Waals surface area contributed by atoms with E-state index in [4.69, 9.17) is 19.3 Å². The number of para-hydroxylation sites is 1. The zero-order chi connectivity index (χ0) is 46.7. The number of carbonyl (C=O) groups excluding carboxylic acids is 6. The molecule has 3 aromatic rings. The maximum absolute atomic E-state index is 13.1. The van der Waals surface area contributed by atoms with Crippen molar-refractivity contribution >= 4 is 34.9 Å². The molecule has 63 heavy (non-hydrogen) atoms. The summed E-state index contributed by atoms with van der Waals surface area (Å²) in [5.41, 5.74) is 3.72. The molecule has 1 aliphatic carbocycles. The van der Waals surface area contributed by atoms with Gasteiger partial charge in [-0.1, -0.05) is 65.8 Å². The first kappa shape index (κ1) is 49.6. The van der Waals surface area contributed by atoms with Crippen molar-refractivity contribution in [3.63, 3.8) is 0 Å². The molecular weight excluding hydrogens is 801 g/mol. The van der Waals surface area contributed by atoms with Gasteiger partial charge in [0.15, 0.2) is 11.4 Å². The fourth-order valence-corrected chi connectivity index (χ4v) is 7.81. The Morgan fingerprint density at radius 3 is 1.67 bits per heavy atom. The second-order valence-corrected chi connectivity index (χ2v) is 17.9. The van der Waals surface area contributed by atoms with Gasteiger partial charge in [0.2, 0.25) is 5.78 Å². The molecule has 3 aromatic carbocycles. The highest BCUT2D eigenvalue weighted by Crippen LogP contribution is 2.40. The van der Waals surface area contributed by atoms with Crippen LogP contribution in [-0.4, -0.2) is 103 Å². The van der Waals surface area contributed by atoms with Crippen LogP contribution < -0.4 is 14.2 Å². The number of methoxy groups -OCH3 is 2. The van der Waals surface area contributed by atoms with Gasteiger partial charge in [-0.2, -0.15) is 0 Å². The first-order valence-electron chi connectivity index (χ1n) is 21.3. The summed E-state index contributed by atoms with van der Waals surface area (Å²) in [6.45, 7) is 16.3. The number of piperidine rings is 2. The van der Waals surface area contributed by atoms with Gasteiger partial charge in [-0.15, -0.1) is 0 Å². The van der Waals surface area contributed by atoms with Crippen molar-refractivity contribution in [1.82, 2.24) is 9.80 Å². The Morgan fingerprint density at radius 1 is 0.730 bits per heavy atom. The first-order chi connectivity index (χ1) is 29.8. The van der Waals surface area contributed by atoms with Gasteiger partial charge in [0.25, 0.3) is 17.6 Å². The molecule has 0 aromatic heterocycles. The Hall–Kier alpha value is -6.01. The number of rotatable bonds is 5. The van der Waals surface area contributed by atoms with Crippen LogP contribution in [0.3, 0.4) is 0 Å². The van der Waals surface area contributed by atoms with Gasteiger partial charge in [-0.25, -0.2) is 0 Å². The number of allylic oxidation sites excluding steroid dienone is 4. The number of hydrogen-bond acceptors (Lipinski definition) is 10. The van der Waals surface area contributed by atoms with E-state index >= 15 is 0 Å². The van der Waals surface area contributed by atoms with Crippen molar-refractivity contribution in [2.45, 2.75) is 97.0 Å². The van der Waals surface area contributed by atoms with Gasteiger partial charge in [0, 0.05) is 83.4 Å². The summed E-state index contributed by atoms with van der Waals surface area (Å²) in [6, 6.07) is 18.7. The molecule has 3 heterocycles. The standard InChI is InChI=1S/C25H29NO4.C17H23NO3.C8H7O2.CH4O/c1-24(2,3)19-10-9-17(15-22(19)29-4)23(28)26-13-11-25(12-14-26)16-20(27)18-7-5-6-8-21(18)30-25;1-17(2,3)14-6-5-12(11-15(14)21-4)16(20)18-9-7-13(19)8-10-18;1-6(9)7-4-2-3-5-8(7)10;1-2/h5-10,15H,11-14,16H2,1-4H3;5-6,11H,7-10H2,1-4H3;2-5H,1H3;2H,1H3/q;;+1;. The second-order valence-electron chi connectivity index (χ2n) is 17.9. The minimum absolute atomic E-state index is 0.00820. The van der Waals surface area contributed by atoms with E-state index < -0.39 is 5.60 Å². The van der Waals surface area contributed by atoms with Crippen molar-refractivity contribution in [2.75, 3.05) is 47.5 Å². The Kier molecular flexibility index (Phi) is 16.8. The molecule has 0 saturated carbocycles.